The lowest BCUT2D eigenvalue weighted by molar-refractivity contribution is 0.102. The fourth-order valence-corrected chi connectivity index (χ4v) is 3.47. The maximum atomic E-state index is 13.6. The molecule has 3 amide bonds. The molecule has 0 unspecified atom stereocenters. The Morgan fingerprint density at radius 3 is 2.14 bits per heavy atom. The third kappa shape index (κ3) is 6.20. The second-order valence-corrected chi connectivity index (χ2v) is 8.01. The van der Waals surface area contributed by atoms with Gasteiger partial charge in [0.25, 0.3) is 5.91 Å². The van der Waals surface area contributed by atoms with E-state index in [2.05, 4.69) is 15.6 Å². The van der Waals surface area contributed by atoms with Crippen LogP contribution in [0.1, 0.15) is 21.5 Å². The summed E-state index contributed by atoms with van der Waals surface area (Å²) in [7, 11) is 0. The molecular formula is C27H23F2N5O2. The summed E-state index contributed by atoms with van der Waals surface area (Å²) in [5.41, 5.74) is 9.02. The van der Waals surface area contributed by atoms with Crippen LogP contribution in [0.2, 0.25) is 0 Å². The lowest BCUT2D eigenvalue weighted by atomic mass is 10.1. The van der Waals surface area contributed by atoms with E-state index in [9.17, 15) is 18.4 Å². The lowest BCUT2D eigenvalue weighted by Gasteiger charge is -2.23. The molecule has 182 valence electrons. The van der Waals surface area contributed by atoms with Crippen LogP contribution in [0.15, 0.2) is 91.3 Å². The van der Waals surface area contributed by atoms with Crippen molar-refractivity contribution in [3.63, 3.8) is 0 Å². The van der Waals surface area contributed by atoms with Gasteiger partial charge in [0.15, 0.2) is 11.6 Å². The van der Waals surface area contributed by atoms with E-state index in [1.807, 2.05) is 0 Å². The molecule has 4 rings (SSSR count). The second kappa shape index (κ2) is 11.1. The van der Waals surface area contributed by atoms with Gasteiger partial charge in [-0.15, -0.1) is 0 Å². The van der Waals surface area contributed by atoms with Crippen molar-refractivity contribution in [2.45, 2.75) is 13.1 Å². The smallest absolute Gasteiger partial charge is 0.322 e. The van der Waals surface area contributed by atoms with Gasteiger partial charge in [-0.05, 0) is 59.7 Å². The number of carbonyl (C=O) groups is 2. The molecule has 0 aliphatic heterocycles. The average Bonchev–Trinajstić information content (AvgIpc) is 2.88. The van der Waals surface area contributed by atoms with E-state index < -0.39 is 17.7 Å². The predicted molar refractivity (Wildman–Crippen MR) is 134 cm³/mol. The number of rotatable bonds is 7. The molecule has 0 saturated heterocycles. The Morgan fingerprint density at radius 2 is 1.47 bits per heavy atom. The fraction of sp³-hybridized carbons (Fsp3) is 0.0741. The molecule has 36 heavy (non-hydrogen) atoms. The highest BCUT2D eigenvalue weighted by atomic mass is 19.2. The van der Waals surface area contributed by atoms with Crippen LogP contribution >= 0.6 is 0 Å². The summed E-state index contributed by atoms with van der Waals surface area (Å²) in [5, 5.41) is 5.37. The van der Waals surface area contributed by atoms with E-state index >= 15 is 0 Å². The van der Waals surface area contributed by atoms with Crippen molar-refractivity contribution >= 4 is 29.0 Å². The molecule has 4 aromatic rings. The zero-order chi connectivity index (χ0) is 25.5. The number of hydrogen-bond acceptors (Lipinski definition) is 4. The zero-order valence-corrected chi connectivity index (χ0v) is 19.1. The number of aromatic nitrogens is 1. The van der Waals surface area contributed by atoms with Gasteiger partial charge in [0.2, 0.25) is 0 Å². The second-order valence-electron chi connectivity index (χ2n) is 8.01. The third-order valence-electron chi connectivity index (χ3n) is 5.38. The van der Waals surface area contributed by atoms with Gasteiger partial charge in [0.05, 0.1) is 11.4 Å². The topological polar surface area (TPSA) is 100 Å². The monoisotopic (exact) mass is 487 g/mol. The molecule has 0 radical (unpaired) electrons. The number of carbonyl (C=O) groups excluding carboxylic acids is 2. The normalized spacial score (nSPS) is 10.5. The number of para-hydroxylation sites is 2. The van der Waals surface area contributed by atoms with Gasteiger partial charge in [0, 0.05) is 42.8 Å². The number of anilines is 3. The highest BCUT2D eigenvalue weighted by molar-refractivity contribution is 6.05. The minimum Gasteiger partial charge on any atom is -0.397 e. The van der Waals surface area contributed by atoms with E-state index in [1.54, 1.807) is 73.1 Å². The number of benzene rings is 3. The molecule has 3 aromatic carbocycles. The van der Waals surface area contributed by atoms with Gasteiger partial charge in [-0.25, -0.2) is 13.6 Å². The lowest BCUT2D eigenvalue weighted by Crippen LogP contribution is -2.34. The molecular weight excluding hydrogens is 464 g/mol. The summed E-state index contributed by atoms with van der Waals surface area (Å²) in [4.78, 5) is 31.1. The average molecular weight is 488 g/mol. The molecule has 0 aliphatic carbocycles. The molecule has 0 atom stereocenters. The Bertz CT molecular complexity index is 1360. The van der Waals surface area contributed by atoms with E-state index in [4.69, 9.17) is 5.73 Å². The molecule has 0 saturated carbocycles. The predicted octanol–water partition coefficient (Wildman–Crippen LogP) is 5.43. The van der Waals surface area contributed by atoms with Crippen LogP contribution in [0.25, 0.3) is 0 Å². The summed E-state index contributed by atoms with van der Waals surface area (Å²) in [5.74, 6) is -2.37. The number of pyridine rings is 1. The molecule has 4 N–H and O–H groups in total. The highest BCUT2D eigenvalue weighted by Gasteiger charge is 2.17. The Kier molecular flexibility index (Phi) is 7.50. The number of halogens is 2. The molecule has 0 bridgehead atoms. The van der Waals surface area contributed by atoms with Gasteiger partial charge in [-0.2, -0.15) is 0 Å². The highest BCUT2D eigenvalue weighted by Crippen LogP contribution is 2.19. The van der Waals surface area contributed by atoms with E-state index in [0.717, 1.165) is 23.3 Å². The first-order chi connectivity index (χ1) is 17.4. The first kappa shape index (κ1) is 24.3. The Balaban J connectivity index is 1.48. The summed E-state index contributed by atoms with van der Waals surface area (Å²) < 4.78 is 26.9. The number of nitrogen functional groups attached to an aromatic ring is 1. The van der Waals surface area contributed by atoms with E-state index in [0.29, 0.717) is 16.9 Å². The van der Waals surface area contributed by atoms with Crippen LogP contribution in [-0.4, -0.2) is 21.8 Å². The van der Waals surface area contributed by atoms with Crippen LogP contribution in [0, 0.1) is 11.6 Å². The van der Waals surface area contributed by atoms with Crippen LogP contribution in [0.4, 0.5) is 30.6 Å². The van der Waals surface area contributed by atoms with Crippen molar-refractivity contribution < 1.29 is 18.4 Å². The van der Waals surface area contributed by atoms with Gasteiger partial charge in [0.1, 0.15) is 0 Å². The summed E-state index contributed by atoms with van der Waals surface area (Å²) in [6.45, 7) is 0.443. The molecule has 7 nitrogen and oxygen atoms in total. The third-order valence-corrected chi connectivity index (χ3v) is 5.38. The first-order valence-corrected chi connectivity index (χ1v) is 11.0. The number of nitrogens with two attached hydrogens (primary N) is 1. The minimum absolute atomic E-state index is 0.130. The van der Waals surface area contributed by atoms with Gasteiger partial charge in [-0.1, -0.05) is 24.3 Å². The van der Waals surface area contributed by atoms with Crippen LogP contribution < -0.4 is 16.4 Å². The maximum absolute atomic E-state index is 13.6. The fourth-order valence-electron chi connectivity index (χ4n) is 3.47. The van der Waals surface area contributed by atoms with E-state index in [1.165, 1.54) is 11.0 Å². The number of amides is 3. The van der Waals surface area contributed by atoms with Crippen molar-refractivity contribution in [1.82, 2.24) is 9.88 Å². The number of nitrogens with zero attached hydrogens (tertiary/aromatic N) is 2. The minimum atomic E-state index is -1.06. The van der Waals surface area contributed by atoms with Crippen molar-refractivity contribution in [2.75, 3.05) is 16.4 Å². The molecule has 0 fully saturated rings. The Labute approximate surface area is 206 Å². The summed E-state index contributed by atoms with van der Waals surface area (Å²) in [6, 6.07) is 20.0. The van der Waals surface area contributed by atoms with Crippen molar-refractivity contribution in [2.24, 2.45) is 0 Å². The van der Waals surface area contributed by atoms with Crippen molar-refractivity contribution in [1.29, 1.82) is 0 Å². The Morgan fingerprint density at radius 1 is 0.806 bits per heavy atom. The molecule has 0 aliphatic rings. The van der Waals surface area contributed by atoms with E-state index in [-0.39, 0.29) is 24.7 Å². The first-order valence-electron chi connectivity index (χ1n) is 11.0. The van der Waals surface area contributed by atoms with Crippen LogP contribution in [0.3, 0.4) is 0 Å². The number of urea groups is 1. The van der Waals surface area contributed by atoms with Gasteiger partial charge < -0.3 is 21.3 Å². The summed E-state index contributed by atoms with van der Waals surface area (Å²) >= 11 is 0. The number of nitrogens with one attached hydrogen (secondary N) is 2. The molecule has 1 heterocycles. The van der Waals surface area contributed by atoms with Gasteiger partial charge >= 0.3 is 6.03 Å². The summed E-state index contributed by atoms with van der Waals surface area (Å²) in [6.07, 6.45) is 3.24. The van der Waals surface area contributed by atoms with Crippen LogP contribution in [-0.2, 0) is 13.1 Å². The SMILES string of the molecule is Nc1ccccc1NC(=O)c1ccc(CN(Cc2ccncc2)C(=O)Nc2ccc(F)c(F)c2)cc1. The number of hydrogen-bond donors (Lipinski definition) is 3. The maximum Gasteiger partial charge on any atom is 0.322 e. The molecule has 9 heteroatoms. The Hall–Kier alpha value is -4.79. The quantitative estimate of drug-likeness (QED) is 0.303. The van der Waals surface area contributed by atoms with Crippen LogP contribution in [0.5, 0.6) is 0 Å². The largest absolute Gasteiger partial charge is 0.397 e. The standard InChI is InChI=1S/C27H23F2N5O2/c28-22-10-9-21(15-23(22)29)32-27(36)34(17-19-11-13-31-14-12-19)16-18-5-7-20(8-6-18)26(35)33-25-4-2-1-3-24(25)30/h1-15H,16-17,30H2,(H,32,36)(H,33,35). The zero-order valence-electron chi connectivity index (χ0n) is 19.1. The van der Waals surface area contributed by atoms with Crippen molar-refractivity contribution in [3.05, 3.63) is 120 Å². The van der Waals surface area contributed by atoms with Gasteiger partial charge in [-0.3, -0.25) is 9.78 Å². The molecule has 1 aromatic heterocycles. The van der Waals surface area contributed by atoms with Crippen molar-refractivity contribution in [3.8, 4) is 0 Å². The molecule has 0 spiro atoms.